The van der Waals surface area contributed by atoms with Gasteiger partial charge >= 0.3 is 0 Å². The third kappa shape index (κ3) is 5.60. The summed E-state index contributed by atoms with van der Waals surface area (Å²) >= 11 is 0. The normalized spacial score (nSPS) is 14.0. The lowest BCUT2D eigenvalue weighted by molar-refractivity contribution is 0.127. The number of halogens is 5. The van der Waals surface area contributed by atoms with E-state index >= 15 is 0 Å². The molecule has 0 aliphatic carbocycles. The standard InChI is InChI=1S/C19H22F5N3O/c1-11(2)8-19(25,9-20)10-28-15-4-3-13(27-16(15)18(23)24)12-5-6-26-14(7-12)17(21)22/h3-7,11,17-18H,8-10,25H2,1-2H3. The summed E-state index contributed by atoms with van der Waals surface area (Å²) in [5.41, 5.74) is 3.78. The van der Waals surface area contributed by atoms with Crippen LogP contribution in [0.15, 0.2) is 30.5 Å². The predicted octanol–water partition coefficient (Wildman–Crippen LogP) is 5.11. The minimum atomic E-state index is -2.98. The molecule has 1 atom stereocenters. The summed E-state index contributed by atoms with van der Waals surface area (Å²) in [4.78, 5) is 7.38. The summed E-state index contributed by atoms with van der Waals surface area (Å²) < 4.78 is 71.2. The van der Waals surface area contributed by atoms with E-state index in [2.05, 4.69) is 9.97 Å². The molecule has 0 aliphatic rings. The van der Waals surface area contributed by atoms with Gasteiger partial charge in [-0.1, -0.05) is 13.8 Å². The molecule has 2 aromatic rings. The van der Waals surface area contributed by atoms with Crippen molar-refractivity contribution < 1.29 is 26.7 Å². The lowest BCUT2D eigenvalue weighted by atomic mass is 9.92. The Morgan fingerprint density at radius 3 is 2.39 bits per heavy atom. The maximum absolute atomic E-state index is 13.5. The number of rotatable bonds is 9. The van der Waals surface area contributed by atoms with Crippen molar-refractivity contribution in [2.24, 2.45) is 11.7 Å². The third-order valence-corrected chi connectivity index (χ3v) is 3.99. The van der Waals surface area contributed by atoms with Crippen molar-refractivity contribution in [1.29, 1.82) is 0 Å². The Morgan fingerprint density at radius 2 is 1.82 bits per heavy atom. The number of alkyl halides is 5. The third-order valence-electron chi connectivity index (χ3n) is 3.99. The first-order chi connectivity index (χ1) is 13.1. The summed E-state index contributed by atoms with van der Waals surface area (Å²) in [6, 6.07) is 5.09. The van der Waals surface area contributed by atoms with Gasteiger partial charge in [-0.25, -0.2) is 26.9 Å². The molecule has 0 aliphatic heterocycles. The summed E-state index contributed by atoms with van der Waals surface area (Å²) in [5.74, 6) is -0.135. The van der Waals surface area contributed by atoms with Gasteiger partial charge in [-0.05, 0) is 36.6 Å². The number of hydrogen-bond donors (Lipinski definition) is 1. The van der Waals surface area contributed by atoms with Gasteiger partial charge in [0.15, 0.2) is 0 Å². The maximum atomic E-state index is 13.5. The average Bonchev–Trinajstić information content (AvgIpc) is 2.65. The topological polar surface area (TPSA) is 61.0 Å². The Bertz CT molecular complexity index is 788. The van der Waals surface area contributed by atoms with Crippen LogP contribution in [0.2, 0.25) is 0 Å². The Balaban J connectivity index is 2.29. The van der Waals surface area contributed by atoms with Crippen LogP contribution in [-0.2, 0) is 0 Å². The van der Waals surface area contributed by atoms with Crippen LogP contribution in [0.4, 0.5) is 22.0 Å². The molecule has 2 heterocycles. The number of nitrogens with zero attached hydrogens (tertiary/aromatic N) is 2. The van der Waals surface area contributed by atoms with E-state index in [1.165, 1.54) is 18.2 Å². The molecular weight excluding hydrogens is 381 g/mol. The zero-order valence-electron chi connectivity index (χ0n) is 15.5. The molecule has 0 saturated heterocycles. The quantitative estimate of drug-likeness (QED) is 0.591. The fourth-order valence-electron chi connectivity index (χ4n) is 2.81. The van der Waals surface area contributed by atoms with Crippen LogP contribution in [0.25, 0.3) is 11.3 Å². The first-order valence-electron chi connectivity index (χ1n) is 8.66. The maximum Gasteiger partial charge on any atom is 0.284 e. The Labute approximate surface area is 159 Å². The second-order valence-corrected chi connectivity index (χ2v) is 7.03. The zero-order chi connectivity index (χ0) is 20.9. The van der Waals surface area contributed by atoms with Crippen molar-refractivity contribution in [3.63, 3.8) is 0 Å². The molecule has 0 radical (unpaired) electrons. The summed E-state index contributed by atoms with van der Waals surface area (Å²) in [5, 5.41) is 0. The molecule has 2 N–H and O–H groups in total. The van der Waals surface area contributed by atoms with Gasteiger partial charge in [-0.3, -0.25) is 4.98 Å². The highest BCUT2D eigenvalue weighted by molar-refractivity contribution is 5.60. The molecule has 0 bridgehead atoms. The molecule has 2 aromatic heterocycles. The molecule has 28 heavy (non-hydrogen) atoms. The molecule has 154 valence electrons. The minimum absolute atomic E-state index is 0.0682. The first-order valence-corrected chi connectivity index (χ1v) is 8.66. The van der Waals surface area contributed by atoms with E-state index in [0.717, 1.165) is 12.3 Å². The van der Waals surface area contributed by atoms with Crippen LogP contribution in [0.5, 0.6) is 5.75 Å². The van der Waals surface area contributed by atoms with E-state index < -0.39 is 36.5 Å². The van der Waals surface area contributed by atoms with E-state index in [1.807, 2.05) is 13.8 Å². The molecule has 0 saturated carbocycles. The predicted molar refractivity (Wildman–Crippen MR) is 95.2 cm³/mol. The molecule has 0 spiro atoms. The van der Waals surface area contributed by atoms with E-state index in [1.54, 1.807) is 0 Å². The van der Waals surface area contributed by atoms with Crippen molar-refractivity contribution in [2.75, 3.05) is 13.3 Å². The van der Waals surface area contributed by atoms with E-state index in [-0.39, 0.29) is 29.5 Å². The van der Waals surface area contributed by atoms with Gasteiger partial charge in [0.2, 0.25) is 0 Å². The largest absolute Gasteiger partial charge is 0.489 e. The summed E-state index contributed by atoms with van der Waals surface area (Å²) in [6.07, 6.45) is -4.31. The van der Waals surface area contributed by atoms with E-state index in [4.69, 9.17) is 10.5 Å². The zero-order valence-corrected chi connectivity index (χ0v) is 15.5. The minimum Gasteiger partial charge on any atom is -0.489 e. The Kier molecular flexibility index (Phi) is 7.29. The highest BCUT2D eigenvalue weighted by Gasteiger charge is 2.29. The van der Waals surface area contributed by atoms with E-state index in [0.29, 0.717) is 6.42 Å². The van der Waals surface area contributed by atoms with Crippen molar-refractivity contribution in [2.45, 2.75) is 38.7 Å². The smallest absolute Gasteiger partial charge is 0.284 e. The SMILES string of the molecule is CC(C)CC(N)(CF)COc1ccc(-c2ccnc(C(F)F)c2)nc1C(F)F. The van der Waals surface area contributed by atoms with Crippen LogP contribution in [-0.4, -0.2) is 28.8 Å². The van der Waals surface area contributed by atoms with Gasteiger partial charge in [0, 0.05) is 11.8 Å². The molecule has 0 amide bonds. The van der Waals surface area contributed by atoms with E-state index in [9.17, 15) is 22.0 Å². The summed E-state index contributed by atoms with van der Waals surface area (Å²) in [7, 11) is 0. The molecular formula is C19H22F5N3O. The van der Waals surface area contributed by atoms with Gasteiger partial charge in [0.05, 0.1) is 11.2 Å². The number of aromatic nitrogens is 2. The summed E-state index contributed by atoms with van der Waals surface area (Å²) in [6.45, 7) is 2.56. The number of hydrogen-bond acceptors (Lipinski definition) is 4. The van der Waals surface area contributed by atoms with Crippen molar-refractivity contribution in [1.82, 2.24) is 9.97 Å². The van der Waals surface area contributed by atoms with Gasteiger partial charge < -0.3 is 10.5 Å². The van der Waals surface area contributed by atoms with Gasteiger partial charge in [0.1, 0.15) is 30.4 Å². The van der Waals surface area contributed by atoms with Crippen LogP contribution in [0.3, 0.4) is 0 Å². The second kappa shape index (κ2) is 9.27. The number of pyridine rings is 2. The van der Waals surface area contributed by atoms with Crippen molar-refractivity contribution in [3.8, 4) is 17.0 Å². The average molecular weight is 403 g/mol. The Hall–Kier alpha value is -2.29. The highest BCUT2D eigenvalue weighted by Crippen LogP contribution is 2.32. The fraction of sp³-hybridized carbons (Fsp3) is 0.474. The molecule has 0 fully saturated rings. The van der Waals surface area contributed by atoms with Crippen LogP contribution < -0.4 is 10.5 Å². The van der Waals surface area contributed by atoms with Crippen LogP contribution >= 0.6 is 0 Å². The molecule has 2 rings (SSSR count). The molecule has 9 heteroatoms. The highest BCUT2D eigenvalue weighted by atomic mass is 19.3. The number of nitrogens with two attached hydrogens (primary N) is 1. The van der Waals surface area contributed by atoms with Gasteiger partial charge in [-0.15, -0.1) is 0 Å². The van der Waals surface area contributed by atoms with Crippen LogP contribution in [0, 0.1) is 5.92 Å². The molecule has 0 aromatic carbocycles. The fourth-order valence-corrected chi connectivity index (χ4v) is 2.81. The lowest BCUT2D eigenvalue weighted by Gasteiger charge is -2.28. The monoisotopic (exact) mass is 403 g/mol. The molecule has 1 unspecified atom stereocenters. The Morgan fingerprint density at radius 1 is 1.11 bits per heavy atom. The second-order valence-electron chi connectivity index (χ2n) is 7.03. The van der Waals surface area contributed by atoms with Crippen LogP contribution in [0.1, 0.15) is 44.5 Å². The lowest BCUT2D eigenvalue weighted by Crippen LogP contribution is -2.49. The van der Waals surface area contributed by atoms with Gasteiger partial charge in [-0.2, -0.15) is 0 Å². The first kappa shape index (κ1) is 22.0. The van der Waals surface area contributed by atoms with Gasteiger partial charge in [0.25, 0.3) is 12.9 Å². The van der Waals surface area contributed by atoms with Crippen molar-refractivity contribution >= 4 is 0 Å². The molecule has 4 nitrogen and oxygen atoms in total. The van der Waals surface area contributed by atoms with Crippen molar-refractivity contribution in [3.05, 3.63) is 41.9 Å². The number of ether oxygens (including phenoxy) is 1.